The third kappa shape index (κ3) is 10.2. The van der Waals surface area contributed by atoms with Gasteiger partial charge in [-0.25, -0.2) is 4.79 Å². The molecule has 0 heterocycles. The second kappa shape index (κ2) is 15.1. The molecule has 0 aliphatic carbocycles. The van der Waals surface area contributed by atoms with Gasteiger partial charge in [-0.3, -0.25) is 9.59 Å². The van der Waals surface area contributed by atoms with Crippen molar-refractivity contribution in [3.8, 4) is 0 Å². The lowest BCUT2D eigenvalue weighted by Crippen LogP contribution is -2.56. The molecular weight excluding hydrogens is 522 g/mol. The van der Waals surface area contributed by atoms with Crippen LogP contribution in [-0.4, -0.2) is 46.2 Å². The molecule has 0 radical (unpaired) electrons. The average Bonchev–Trinajstić information content (AvgIpc) is 2.87. The van der Waals surface area contributed by atoms with Gasteiger partial charge in [0.15, 0.2) is 0 Å². The number of nitrogens with zero attached hydrogens (tertiary/aromatic N) is 1. The van der Waals surface area contributed by atoms with Gasteiger partial charge in [-0.1, -0.05) is 67.9 Å². The summed E-state index contributed by atoms with van der Waals surface area (Å²) in [5.41, 5.74) is 2.96. The Morgan fingerprint density at radius 3 is 2.17 bits per heavy atom. The molecule has 0 saturated carbocycles. The van der Waals surface area contributed by atoms with E-state index in [1.807, 2.05) is 69.3 Å². The third-order valence-electron chi connectivity index (χ3n) is 6.62. The average molecular weight is 570 g/mol. The molecule has 3 unspecified atom stereocenters. The van der Waals surface area contributed by atoms with Crippen molar-refractivity contribution in [3.05, 3.63) is 70.8 Å². The van der Waals surface area contributed by atoms with Crippen molar-refractivity contribution in [2.75, 3.05) is 5.75 Å². The zero-order chi connectivity index (χ0) is 30.0. The van der Waals surface area contributed by atoms with Crippen LogP contribution in [0.4, 0.5) is 4.79 Å². The fraction of sp³-hybridized carbons (Fsp3) is 0.531. The number of benzene rings is 2. The molecule has 0 fully saturated rings. The Bertz CT molecular complexity index is 1130. The first-order chi connectivity index (χ1) is 18.7. The maximum atomic E-state index is 14.3. The Labute approximate surface area is 245 Å². The first-order valence-electron chi connectivity index (χ1n) is 14.0. The minimum Gasteiger partial charge on any atom is -0.444 e. The summed E-state index contributed by atoms with van der Waals surface area (Å²) in [6, 6.07) is 13.4. The van der Waals surface area contributed by atoms with Crippen molar-refractivity contribution in [2.24, 2.45) is 5.92 Å². The summed E-state index contributed by atoms with van der Waals surface area (Å²) in [5, 5.41) is 5.75. The standard InChI is InChI=1S/C32H47N3O4S/c1-21(2)14-16-24(5)35(30(37)27(20-40)34-31(38)39-32(6,7)8)28(26-17-15-22(3)18-23(26)4)29(36)33-19-25-12-10-9-11-13-25/h9-13,15,17-18,21,24,27-28,40H,14,16,19-20H2,1-8H3,(H,33,36)(H,34,38). The summed E-state index contributed by atoms with van der Waals surface area (Å²) >= 11 is 4.40. The van der Waals surface area contributed by atoms with Crippen LogP contribution < -0.4 is 10.6 Å². The van der Waals surface area contributed by atoms with Crippen molar-refractivity contribution in [1.82, 2.24) is 15.5 Å². The van der Waals surface area contributed by atoms with E-state index in [0.717, 1.165) is 28.7 Å². The first-order valence-corrected chi connectivity index (χ1v) is 14.7. The Morgan fingerprint density at radius 1 is 0.975 bits per heavy atom. The van der Waals surface area contributed by atoms with Crippen LogP contribution in [-0.2, 0) is 20.9 Å². The zero-order valence-electron chi connectivity index (χ0n) is 25.3. The molecule has 40 heavy (non-hydrogen) atoms. The molecule has 2 aromatic carbocycles. The third-order valence-corrected chi connectivity index (χ3v) is 6.98. The van der Waals surface area contributed by atoms with E-state index in [-0.39, 0.29) is 23.6 Å². The predicted octanol–water partition coefficient (Wildman–Crippen LogP) is 6.14. The van der Waals surface area contributed by atoms with Crippen molar-refractivity contribution in [1.29, 1.82) is 0 Å². The summed E-state index contributed by atoms with van der Waals surface area (Å²) < 4.78 is 5.42. The monoisotopic (exact) mass is 569 g/mol. The Balaban J connectivity index is 2.54. The van der Waals surface area contributed by atoms with Gasteiger partial charge < -0.3 is 20.3 Å². The maximum absolute atomic E-state index is 14.3. The van der Waals surface area contributed by atoms with Crippen LogP contribution in [0.2, 0.25) is 0 Å². The first kappa shape index (κ1) is 33.2. The van der Waals surface area contributed by atoms with Crippen LogP contribution in [0.15, 0.2) is 48.5 Å². The molecule has 2 aromatic rings. The lowest BCUT2D eigenvalue weighted by molar-refractivity contribution is -0.144. The summed E-state index contributed by atoms with van der Waals surface area (Å²) in [4.78, 5) is 42.6. The van der Waals surface area contributed by atoms with E-state index in [4.69, 9.17) is 4.74 Å². The van der Waals surface area contributed by atoms with E-state index in [9.17, 15) is 14.4 Å². The second-order valence-corrected chi connectivity index (χ2v) is 12.3. The molecule has 2 N–H and O–H groups in total. The Kier molecular flexibility index (Phi) is 12.6. The van der Waals surface area contributed by atoms with Gasteiger partial charge in [0.05, 0.1) is 0 Å². The van der Waals surface area contributed by atoms with Crippen molar-refractivity contribution >= 4 is 30.5 Å². The SMILES string of the molecule is Cc1ccc(C(C(=O)NCc2ccccc2)N(C(=O)C(CS)NC(=O)OC(C)(C)C)C(C)CCC(C)C)c(C)c1. The molecule has 8 heteroatoms. The van der Waals surface area contributed by atoms with Gasteiger partial charge in [-0.2, -0.15) is 12.6 Å². The highest BCUT2D eigenvalue weighted by Gasteiger charge is 2.39. The molecule has 0 saturated heterocycles. The normalized spacial score (nSPS) is 13.8. The minimum atomic E-state index is -0.977. The number of carbonyl (C=O) groups is 3. The highest BCUT2D eigenvalue weighted by Crippen LogP contribution is 2.30. The lowest BCUT2D eigenvalue weighted by Gasteiger charge is -2.39. The van der Waals surface area contributed by atoms with E-state index in [1.54, 1.807) is 25.7 Å². The van der Waals surface area contributed by atoms with Crippen LogP contribution in [0.25, 0.3) is 0 Å². The number of thiol groups is 1. The quantitative estimate of drug-likeness (QED) is 0.268. The molecular formula is C32H47N3O4S. The number of alkyl carbamates (subject to hydrolysis) is 1. The van der Waals surface area contributed by atoms with Crippen molar-refractivity contribution in [2.45, 2.75) is 98.5 Å². The van der Waals surface area contributed by atoms with E-state index in [2.05, 4.69) is 37.1 Å². The lowest BCUT2D eigenvalue weighted by atomic mass is 9.94. The number of ether oxygens (including phenoxy) is 1. The van der Waals surface area contributed by atoms with E-state index >= 15 is 0 Å². The number of amides is 3. The molecule has 0 aromatic heterocycles. The summed E-state index contributed by atoms with van der Waals surface area (Å²) in [6.07, 6.45) is 0.871. The van der Waals surface area contributed by atoms with Crippen molar-refractivity contribution < 1.29 is 19.1 Å². The van der Waals surface area contributed by atoms with Crippen molar-refractivity contribution in [3.63, 3.8) is 0 Å². The van der Waals surface area contributed by atoms with Gasteiger partial charge in [0.2, 0.25) is 11.8 Å². The smallest absolute Gasteiger partial charge is 0.408 e. The largest absolute Gasteiger partial charge is 0.444 e. The molecule has 0 aliphatic rings. The summed E-state index contributed by atoms with van der Waals surface area (Å²) in [5.74, 6) is -0.185. The molecule has 0 bridgehead atoms. The molecule has 0 aliphatic heterocycles. The number of nitrogens with one attached hydrogen (secondary N) is 2. The second-order valence-electron chi connectivity index (χ2n) is 11.9. The highest BCUT2D eigenvalue weighted by molar-refractivity contribution is 7.80. The predicted molar refractivity (Wildman–Crippen MR) is 164 cm³/mol. The zero-order valence-corrected chi connectivity index (χ0v) is 26.2. The highest BCUT2D eigenvalue weighted by atomic mass is 32.1. The van der Waals surface area contributed by atoms with Crippen LogP contribution >= 0.6 is 12.6 Å². The fourth-order valence-electron chi connectivity index (χ4n) is 4.56. The van der Waals surface area contributed by atoms with Gasteiger partial charge in [-0.05, 0) is 77.0 Å². The van der Waals surface area contributed by atoms with Crippen LogP contribution in [0.1, 0.15) is 82.7 Å². The molecule has 3 atom stereocenters. The van der Waals surface area contributed by atoms with E-state index in [1.165, 1.54) is 0 Å². The minimum absolute atomic E-state index is 0.0523. The number of carbonyl (C=O) groups excluding carboxylic acids is 3. The van der Waals surface area contributed by atoms with Gasteiger partial charge in [-0.15, -0.1) is 0 Å². The molecule has 0 spiro atoms. The van der Waals surface area contributed by atoms with Gasteiger partial charge in [0, 0.05) is 18.3 Å². The van der Waals surface area contributed by atoms with Crippen LogP contribution in [0.3, 0.4) is 0 Å². The summed E-state index contributed by atoms with van der Waals surface area (Å²) in [7, 11) is 0. The Morgan fingerprint density at radius 2 is 1.62 bits per heavy atom. The molecule has 2 rings (SSSR count). The number of rotatable bonds is 12. The van der Waals surface area contributed by atoms with Gasteiger partial charge in [0.25, 0.3) is 0 Å². The molecule has 3 amide bonds. The topological polar surface area (TPSA) is 87.7 Å². The van der Waals surface area contributed by atoms with Crippen LogP contribution in [0.5, 0.6) is 0 Å². The van der Waals surface area contributed by atoms with Crippen LogP contribution in [0, 0.1) is 19.8 Å². The van der Waals surface area contributed by atoms with E-state index < -0.39 is 23.8 Å². The van der Waals surface area contributed by atoms with Gasteiger partial charge in [0.1, 0.15) is 17.7 Å². The maximum Gasteiger partial charge on any atom is 0.408 e. The summed E-state index contributed by atoms with van der Waals surface area (Å²) in [6.45, 7) is 15.8. The number of hydrogen-bond acceptors (Lipinski definition) is 5. The van der Waals surface area contributed by atoms with E-state index in [0.29, 0.717) is 18.9 Å². The molecule has 7 nitrogen and oxygen atoms in total. The number of aryl methyl sites for hydroxylation is 2. The molecule has 220 valence electrons. The number of hydrogen-bond donors (Lipinski definition) is 3. The fourth-order valence-corrected chi connectivity index (χ4v) is 4.81. The Hall–Kier alpha value is -3.00. The van der Waals surface area contributed by atoms with Gasteiger partial charge >= 0.3 is 6.09 Å².